The van der Waals surface area contributed by atoms with E-state index in [1.807, 2.05) is 0 Å². The molecule has 0 aromatic heterocycles. The Hall–Kier alpha value is -1.15. The van der Waals surface area contributed by atoms with Crippen LogP contribution >= 0.6 is 0 Å². The Balaban J connectivity index is 2.61. The number of halogens is 1. The van der Waals surface area contributed by atoms with E-state index in [-0.39, 0.29) is 19.5 Å². The highest BCUT2D eigenvalue weighted by Crippen LogP contribution is 2.24. The number of nitrogens with zero attached hydrogens (tertiary/aromatic N) is 2. The zero-order valence-electron chi connectivity index (χ0n) is 7.33. The molecular formula is C8H11FN2O2. The fraction of sp³-hybridized carbons (Fsp3) is 0.750. The number of carbonyl (C=O) groups excluding carboxylic acids is 1. The first-order chi connectivity index (χ1) is 5.98. The molecule has 2 atom stereocenters. The number of aliphatic hydroxyl groups is 1. The van der Waals surface area contributed by atoms with Gasteiger partial charge in [-0.1, -0.05) is 0 Å². The Bertz CT molecular complexity index is 261. The van der Waals surface area contributed by atoms with E-state index in [2.05, 4.69) is 0 Å². The first-order valence-corrected chi connectivity index (χ1v) is 4.05. The van der Waals surface area contributed by atoms with Crippen molar-refractivity contribution in [3.8, 4) is 6.07 Å². The van der Waals surface area contributed by atoms with Crippen LogP contribution in [0.4, 0.5) is 4.39 Å². The van der Waals surface area contributed by atoms with Crippen LogP contribution in [0.5, 0.6) is 0 Å². The summed E-state index contributed by atoms with van der Waals surface area (Å²) in [6.45, 7) is 1.30. The maximum atomic E-state index is 13.3. The quantitative estimate of drug-likeness (QED) is 0.618. The molecule has 1 saturated heterocycles. The van der Waals surface area contributed by atoms with Gasteiger partial charge in [0.15, 0.2) is 0 Å². The van der Waals surface area contributed by atoms with Crippen molar-refractivity contribution in [2.75, 3.05) is 13.1 Å². The smallest absolute Gasteiger partial charge is 0.251 e. The van der Waals surface area contributed by atoms with Crippen LogP contribution in [0.3, 0.4) is 0 Å². The lowest BCUT2D eigenvalue weighted by molar-refractivity contribution is -0.138. The largest absolute Gasteiger partial charge is 0.384 e. The van der Waals surface area contributed by atoms with Gasteiger partial charge in [-0.25, -0.2) is 4.39 Å². The van der Waals surface area contributed by atoms with Crippen molar-refractivity contribution in [2.24, 2.45) is 0 Å². The molecule has 0 aromatic rings. The van der Waals surface area contributed by atoms with E-state index in [4.69, 9.17) is 10.4 Å². The summed E-state index contributed by atoms with van der Waals surface area (Å²) >= 11 is 0. The van der Waals surface area contributed by atoms with Gasteiger partial charge in [0.25, 0.3) is 5.91 Å². The van der Waals surface area contributed by atoms with Crippen LogP contribution in [0.15, 0.2) is 0 Å². The molecule has 0 radical (unpaired) electrons. The lowest BCUT2D eigenvalue weighted by atomic mass is 10.1. The molecule has 1 aliphatic heterocycles. The van der Waals surface area contributed by atoms with Crippen molar-refractivity contribution in [2.45, 2.75) is 25.1 Å². The molecule has 1 N–H and O–H groups in total. The Morgan fingerprint density at radius 1 is 1.85 bits per heavy atom. The normalized spacial score (nSPS) is 29.8. The molecule has 0 saturated carbocycles. The standard InChI is InChI=1S/C8H11FN2O2/c1-6(12)7(13)11-3-2-8(9,4-10)5-11/h6,12H,2-3,5H2,1H3/t6-,8?/m0/s1. The minimum Gasteiger partial charge on any atom is -0.384 e. The van der Waals surface area contributed by atoms with Gasteiger partial charge in [-0.2, -0.15) is 5.26 Å². The molecule has 4 nitrogen and oxygen atoms in total. The number of amides is 1. The molecule has 1 aliphatic rings. The minimum absolute atomic E-state index is 0.0297. The molecule has 0 bridgehead atoms. The van der Waals surface area contributed by atoms with Crippen LogP contribution in [-0.2, 0) is 4.79 Å². The van der Waals surface area contributed by atoms with Gasteiger partial charge in [0.2, 0.25) is 5.67 Å². The highest BCUT2D eigenvalue weighted by Gasteiger charge is 2.41. The van der Waals surface area contributed by atoms with E-state index in [9.17, 15) is 9.18 Å². The van der Waals surface area contributed by atoms with Crippen LogP contribution < -0.4 is 0 Å². The van der Waals surface area contributed by atoms with Gasteiger partial charge in [0, 0.05) is 13.0 Å². The second-order valence-electron chi connectivity index (χ2n) is 3.26. The third-order valence-electron chi connectivity index (χ3n) is 2.09. The van der Waals surface area contributed by atoms with Gasteiger partial charge in [-0.3, -0.25) is 4.79 Å². The lowest BCUT2D eigenvalue weighted by Gasteiger charge is -2.17. The van der Waals surface area contributed by atoms with Gasteiger partial charge < -0.3 is 10.0 Å². The SMILES string of the molecule is C[C@H](O)C(=O)N1CCC(F)(C#N)C1. The average molecular weight is 186 g/mol. The Morgan fingerprint density at radius 3 is 2.85 bits per heavy atom. The molecule has 0 aliphatic carbocycles. The van der Waals surface area contributed by atoms with Gasteiger partial charge in [0.05, 0.1) is 6.54 Å². The number of nitriles is 1. The lowest BCUT2D eigenvalue weighted by Crippen LogP contribution is -2.38. The Morgan fingerprint density at radius 2 is 2.46 bits per heavy atom. The fourth-order valence-electron chi connectivity index (χ4n) is 1.32. The van der Waals surface area contributed by atoms with E-state index in [0.29, 0.717) is 0 Å². The van der Waals surface area contributed by atoms with Crippen molar-refractivity contribution >= 4 is 5.91 Å². The monoisotopic (exact) mass is 186 g/mol. The molecule has 13 heavy (non-hydrogen) atoms. The van der Waals surface area contributed by atoms with Crippen molar-refractivity contribution in [3.63, 3.8) is 0 Å². The Labute approximate surface area is 75.6 Å². The minimum atomic E-state index is -1.93. The number of rotatable bonds is 1. The topological polar surface area (TPSA) is 64.3 Å². The number of carbonyl (C=O) groups is 1. The van der Waals surface area contributed by atoms with E-state index in [1.165, 1.54) is 17.9 Å². The van der Waals surface area contributed by atoms with Crippen LogP contribution in [0.1, 0.15) is 13.3 Å². The predicted octanol–water partition coefficient (Wildman–Crippen LogP) is -0.169. The van der Waals surface area contributed by atoms with Gasteiger partial charge in [-0.15, -0.1) is 0 Å². The molecule has 1 amide bonds. The van der Waals surface area contributed by atoms with E-state index in [0.717, 1.165) is 0 Å². The average Bonchev–Trinajstić information content (AvgIpc) is 2.47. The maximum Gasteiger partial charge on any atom is 0.251 e. The summed E-state index contributed by atoms with van der Waals surface area (Å²) in [6, 6.07) is 1.52. The van der Waals surface area contributed by atoms with Crippen molar-refractivity contribution < 1.29 is 14.3 Å². The molecule has 0 spiro atoms. The molecule has 1 heterocycles. The third kappa shape index (κ3) is 1.95. The maximum absolute atomic E-state index is 13.3. The Kier molecular flexibility index (Phi) is 2.52. The summed E-state index contributed by atoms with van der Waals surface area (Å²) < 4.78 is 13.3. The summed E-state index contributed by atoms with van der Waals surface area (Å²) in [5.74, 6) is -0.519. The number of alkyl halides is 1. The van der Waals surface area contributed by atoms with E-state index >= 15 is 0 Å². The van der Waals surface area contributed by atoms with Crippen LogP contribution in [0, 0.1) is 11.3 Å². The first-order valence-electron chi connectivity index (χ1n) is 4.05. The molecule has 0 aromatic carbocycles. The van der Waals surface area contributed by atoms with Crippen molar-refractivity contribution in [1.82, 2.24) is 4.90 Å². The fourth-order valence-corrected chi connectivity index (χ4v) is 1.32. The second-order valence-corrected chi connectivity index (χ2v) is 3.26. The number of hydrogen-bond acceptors (Lipinski definition) is 3. The molecule has 5 heteroatoms. The molecule has 1 unspecified atom stereocenters. The summed E-state index contributed by atoms with van der Waals surface area (Å²) in [4.78, 5) is 12.3. The zero-order chi connectivity index (χ0) is 10.1. The molecular weight excluding hydrogens is 175 g/mol. The van der Waals surface area contributed by atoms with Crippen LogP contribution in [0.2, 0.25) is 0 Å². The summed E-state index contributed by atoms with van der Waals surface area (Å²) in [6.07, 6.45) is -1.09. The highest BCUT2D eigenvalue weighted by atomic mass is 19.1. The molecule has 72 valence electrons. The second kappa shape index (κ2) is 3.30. The van der Waals surface area contributed by atoms with Crippen LogP contribution in [0.25, 0.3) is 0 Å². The number of likely N-dealkylation sites (tertiary alicyclic amines) is 1. The predicted molar refractivity (Wildman–Crippen MR) is 42.3 cm³/mol. The van der Waals surface area contributed by atoms with E-state index < -0.39 is 17.7 Å². The van der Waals surface area contributed by atoms with Gasteiger partial charge >= 0.3 is 0 Å². The number of hydrogen-bond donors (Lipinski definition) is 1. The van der Waals surface area contributed by atoms with Crippen molar-refractivity contribution in [3.05, 3.63) is 0 Å². The van der Waals surface area contributed by atoms with Crippen LogP contribution in [-0.4, -0.2) is 40.8 Å². The first kappa shape index (κ1) is 9.93. The van der Waals surface area contributed by atoms with Crippen molar-refractivity contribution in [1.29, 1.82) is 5.26 Å². The van der Waals surface area contributed by atoms with Gasteiger partial charge in [-0.05, 0) is 6.92 Å². The van der Waals surface area contributed by atoms with E-state index in [1.54, 1.807) is 0 Å². The number of aliphatic hydroxyl groups excluding tert-OH is 1. The summed E-state index contributed by atoms with van der Waals surface area (Å²) in [7, 11) is 0. The van der Waals surface area contributed by atoms with Gasteiger partial charge in [0.1, 0.15) is 12.2 Å². The molecule has 1 fully saturated rings. The summed E-state index contributed by atoms with van der Waals surface area (Å²) in [5.41, 5.74) is -1.93. The highest BCUT2D eigenvalue weighted by molar-refractivity contribution is 5.80. The zero-order valence-corrected chi connectivity index (χ0v) is 7.33. The molecule has 1 rings (SSSR count). The summed E-state index contributed by atoms with van der Waals surface area (Å²) in [5, 5.41) is 17.4. The third-order valence-corrected chi connectivity index (χ3v) is 2.09.